The lowest BCUT2D eigenvalue weighted by molar-refractivity contribution is 0.00212. The molecule has 1 atom stereocenters. The van der Waals surface area contributed by atoms with E-state index in [1.54, 1.807) is 17.0 Å². The molecule has 4 nitrogen and oxygen atoms in total. The lowest BCUT2D eigenvalue weighted by atomic mass is 10.1. The molecule has 1 unspecified atom stereocenters. The quantitative estimate of drug-likeness (QED) is 0.858. The molecule has 0 aromatic heterocycles. The van der Waals surface area contributed by atoms with Gasteiger partial charge in [-0.05, 0) is 31.4 Å². The SMILES string of the molecule is CCCOC1CCCN(C(=O)c2cc(N)cc(Cl)c2Cl)C1. The molecule has 0 radical (unpaired) electrons. The lowest BCUT2D eigenvalue weighted by Crippen LogP contribution is -2.43. The Morgan fingerprint density at radius 1 is 1.48 bits per heavy atom. The van der Waals surface area contributed by atoms with Crippen molar-refractivity contribution in [1.82, 2.24) is 4.90 Å². The van der Waals surface area contributed by atoms with Gasteiger partial charge in [-0.15, -0.1) is 0 Å². The molecule has 6 heteroatoms. The van der Waals surface area contributed by atoms with Crippen LogP contribution in [-0.2, 0) is 4.74 Å². The molecule has 0 saturated carbocycles. The van der Waals surface area contributed by atoms with Gasteiger partial charge >= 0.3 is 0 Å². The number of carbonyl (C=O) groups excluding carboxylic acids is 1. The molecular weight excluding hydrogens is 311 g/mol. The van der Waals surface area contributed by atoms with Crippen LogP contribution in [0.3, 0.4) is 0 Å². The summed E-state index contributed by atoms with van der Waals surface area (Å²) in [5.74, 6) is -0.140. The number of piperidine rings is 1. The van der Waals surface area contributed by atoms with Crippen molar-refractivity contribution < 1.29 is 9.53 Å². The van der Waals surface area contributed by atoms with Crippen molar-refractivity contribution in [3.05, 3.63) is 27.7 Å². The maximum Gasteiger partial charge on any atom is 0.255 e. The third kappa shape index (κ3) is 4.02. The minimum absolute atomic E-state index is 0.0953. The molecule has 1 amide bonds. The first-order valence-corrected chi connectivity index (χ1v) is 7.94. The van der Waals surface area contributed by atoms with Crippen LogP contribution >= 0.6 is 23.2 Å². The van der Waals surface area contributed by atoms with E-state index in [0.29, 0.717) is 29.4 Å². The van der Waals surface area contributed by atoms with Crippen molar-refractivity contribution in [3.8, 4) is 0 Å². The van der Waals surface area contributed by atoms with Gasteiger partial charge in [-0.2, -0.15) is 0 Å². The maximum atomic E-state index is 12.6. The molecule has 1 aromatic carbocycles. The van der Waals surface area contributed by atoms with Gasteiger partial charge in [0.2, 0.25) is 0 Å². The Kier molecular flexibility index (Phi) is 5.73. The van der Waals surface area contributed by atoms with Gasteiger partial charge in [-0.1, -0.05) is 30.1 Å². The molecule has 1 saturated heterocycles. The highest BCUT2D eigenvalue weighted by atomic mass is 35.5. The van der Waals surface area contributed by atoms with Crippen molar-refractivity contribution >= 4 is 34.8 Å². The summed E-state index contributed by atoms with van der Waals surface area (Å²) in [6, 6.07) is 3.12. The molecule has 0 aliphatic carbocycles. The van der Waals surface area contributed by atoms with Crippen LogP contribution in [-0.4, -0.2) is 36.6 Å². The molecule has 1 aliphatic heterocycles. The Bertz CT molecular complexity index is 523. The summed E-state index contributed by atoms with van der Waals surface area (Å²) < 4.78 is 5.75. The molecule has 1 fully saturated rings. The highest BCUT2D eigenvalue weighted by Crippen LogP contribution is 2.30. The third-order valence-corrected chi connectivity index (χ3v) is 4.31. The van der Waals surface area contributed by atoms with Crippen molar-refractivity contribution in [3.63, 3.8) is 0 Å². The topological polar surface area (TPSA) is 55.6 Å². The van der Waals surface area contributed by atoms with E-state index in [2.05, 4.69) is 6.92 Å². The van der Waals surface area contributed by atoms with Crippen LogP contribution in [0.5, 0.6) is 0 Å². The molecule has 21 heavy (non-hydrogen) atoms. The first kappa shape index (κ1) is 16.4. The normalized spacial score (nSPS) is 18.8. The second-order valence-corrected chi connectivity index (χ2v) is 6.04. The molecule has 1 heterocycles. The van der Waals surface area contributed by atoms with E-state index < -0.39 is 0 Å². The standard InChI is InChI=1S/C15H20Cl2N2O2/c1-2-6-21-11-4-3-5-19(9-11)15(20)12-7-10(18)8-13(16)14(12)17/h7-8,11H,2-6,9,18H2,1H3. The monoisotopic (exact) mass is 330 g/mol. The van der Waals surface area contributed by atoms with Crippen molar-refractivity contribution in [2.24, 2.45) is 0 Å². The van der Waals surface area contributed by atoms with Crippen LogP contribution in [0.4, 0.5) is 5.69 Å². The first-order valence-electron chi connectivity index (χ1n) is 7.18. The zero-order valence-electron chi connectivity index (χ0n) is 12.1. The Morgan fingerprint density at radius 3 is 2.95 bits per heavy atom. The summed E-state index contributed by atoms with van der Waals surface area (Å²) in [7, 11) is 0. The summed E-state index contributed by atoms with van der Waals surface area (Å²) in [5, 5.41) is 0.559. The zero-order chi connectivity index (χ0) is 15.4. The number of halogens is 2. The molecule has 1 aliphatic rings. The maximum absolute atomic E-state index is 12.6. The van der Waals surface area contributed by atoms with Gasteiger partial charge in [0.1, 0.15) is 0 Å². The van der Waals surface area contributed by atoms with Crippen molar-refractivity contribution in [1.29, 1.82) is 0 Å². The third-order valence-electron chi connectivity index (χ3n) is 3.50. The minimum atomic E-state index is -0.140. The van der Waals surface area contributed by atoms with Crippen LogP contribution < -0.4 is 5.73 Å². The van der Waals surface area contributed by atoms with Crippen LogP contribution in [0.2, 0.25) is 10.0 Å². The zero-order valence-corrected chi connectivity index (χ0v) is 13.6. The number of benzene rings is 1. The number of rotatable bonds is 4. The Balaban J connectivity index is 2.12. The Hall–Kier alpha value is -0.970. The summed E-state index contributed by atoms with van der Waals surface area (Å²) in [6.45, 7) is 4.08. The Morgan fingerprint density at radius 2 is 2.24 bits per heavy atom. The summed E-state index contributed by atoms with van der Waals surface area (Å²) in [6.07, 6.45) is 2.97. The second-order valence-electron chi connectivity index (χ2n) is 5.25. The van der Waals surface area contributed by atoms with Gasteiger partial charge in [-0.3, -0.25) is 4.79 Å². The van der Waals surface area contributed by atoms with E-state index in [9.17, 15) is 4.79 Å². The number of carbonyl (C=O) groups is 1. The lowest BCUT2D eigenvalue weighted by Gasteiger charge is -2.33. The van der Waals surface area contributed by atoms with Gasteiger partial charge in [-0.25, -0.2) is 0 Å². The molecule has 1 aromatic rings. The smallest absolute Gasteiger partial charge is 0.255 e. The fourth-order valence-electron chi connectivity index (χ4n) is 2.48. The van der Waals surface area contributed by atoms with E-state index in [1.165, 1.54) is 0 Å². The summed E-state index contributed by atoms with van der Waals surface area (Å²) in [5.41, 5.74) is 6.54. The number of nitrogen functional groups attached to an aromatic ring is 1. The first-order chi connectivity index (χ1) is 10.0. The highest BCUT2D eigenvalue weighted by Gasteiger charge is 2.26. The second kappa shape index (κ2) is 7.34. The number of ether oxygens (including phenoxy) is 1. The number of nitrogens with two attached hydrogens (primary N) is 1. The van der Waals surface area contributed by atoms with Crippen LogP contribution in [0.15, 0.2) is 12.1 Å². The molecule has 0 spiro atoms. The van der Waals surface area contributed by atoms with Gasteiger partial charge in [0, 0.05) is 25.4 Å². The van der Waals surface area contributed by atoms with Crippen molar-refractivity contribution in [2.75, 3.05) is 25.4 Å². The molecule has 0 bridgehead atoms. The molecule has 2 N–H and O–H groups in total. The highest BCUT2D eigenvalue weighted by molar-refractivity contribution is 6.44. The number of anilines is 1. The van der Waals surface area contributed by atoms with Gasteiger partial charge < -0.3 is 15.4 Å². The number of amides is 1. The van der Waals surface area contributed by atoms with E-state index in [1.807, 2.05) is 0 Å². The number of hydrogen-bond acceptors (Lipinski definition) is 3. The number of likely N-dealkylation sites (tertiary alicyclic amines) is 1. The van der Waals surface area contributed by atoms with Crippen LogP contribution in [0.25, 0.3) is 0 Å². The van der Waals surface area contributed by atoms with Gasteiger partial charge in [0.05, 0.1) is 21.7 Å². The number of hydrogen-bond donors (Lipinski definition) is 1. The van der Waals surface area contributed by atoms with Crippen LogP contribution in [0.1, 0.15) is 36.5 Å². The summed E-state index contributed by atoms with van der Waals surface area (Å²) >= 11 is 12.1. The summed E-state index contributed by atoms with van der Waals surface area (Å²) in [4.78, 5) is 14.4. The van der Waals surface area contributed by atoms with E-state index in [-0.39, 0.29) is 17.0 Å². The predicted molar refractivity (Wildman–Crippen MR) is 86.0 cm³/mol. The minimum Gasteiger partial charge on any atom is -0.399 e. The largest absolute Gasteiger partial charge is 0.399 e. The van der Waals surface area contributed by atoms with E-state index in [4.69, 9.17) is 33.7 Å². The fourth-order valence-corrected chi connectivity index (χ4v) is 2.90. The molecule has 2 rings (SSSR count). The average Bonchev–Trinajstić information content (AvgIpc) is 2.48. The molecule has 116 valence electrons. The van der Waals surface area contributed by atoms with E-state index in [0.717, 1.165) is 25.9 Å². The van der Waals surface area contributed by atoms with Crippen molar-refractivity contribution in [2.45, 2.75) is 32.3 Å². The number of nitrogens with zero attached hydrogens (tertiary/aromatic N) is 1. The van der Waals surface area contributed by atoms with Gasteiger partial charge in [0.25, 0.3) is 5.91 Å². The van der Waals surface area contributed by atoms with E-state index >= 15 is 0 Å². The fraction of sp³-hybridized carbons (Fsp3) is 0.533. The molecular formula is C15H20Cl2N2O2. The predicted octanol–water partition coefficient (Wildman–Crippen LogP) is 3.61. The van der Waals surface area contributed by atoms with Gasteiger partial charge in [0.15, 0.2) is 0 Å². The average molecular weight is 331 g/mol. The Labute approximate surface area is 135 Å². The van der Waals surface area contributed by atoms with Crippen LogP contribution in [0, 0.1) is 0 Å².